The Hall–Kier alpha value is -1.40. The standard InChI is InChI=1S/C12H19N3O3/c1-8(2)10(13)11-9(7-18-14-11)12(16)15-3-5-17-6-4-15/h7-8,10H,3-6,13H2,1-2H3/t10-/m1/s1. The third-order valence-electron chi connectivity index (χ3n) is 3.16. The lowest BCUT2D eigenvalue weighted by atomic mass is 9.99. The van der Waals surface area contributed by atoms with Crippen LogP contribution in [0.4, 0.5) is 0 Å². The summed E-state index contributed by atoms with van der Waals surface area (Å²) in [6, 6.07) is -0.288. The Morgan fingerprint density at radius 1 is 1.44 bits per heavy atom. The maximum Gasteiger partial charge on any atom is 0.259 e. The lowest BCUT2D eigenvalue weighted by molar-refractivity contribution is 0.0301. The van der Waals surface area contributed by atoms with Crippen molar-refractivity contribution in [1.29, 1.82) is 0 Å². The minimum absolute atomic E-state index is 0.0781. The molecule has 1 amide bonds. The summed E-state index contributed by atoms with van der Waals surface area (Å²) in [5.74, 6) is 0.122. The molecule has 6 nitrogen and oxygen atoms in total. The predicted octanol–water partition coefficient (Wildman–Crippen LogP) is 0.803. The summed E-state index contributed by atoms with van der Waals surface area (Å²) in [6.45, 7) is 6.32. The van der Waals surface area contributed by atoms with Gasteiger partial charge in [-0.2, -0.15) is 0 Å². The van der Waals surface area contributed by atoms with Crippen LogP contribution in [0.25, 0.3) is 0 Å². The summed E-state index contributed by atoms with van der Waals surface area (Å²) in [7, 11) is 0. The summed E-state index contributed by atoms with van der Waals surface area (Å²) < 4.78 is 10.1. The number of hydrogen-bond donors (Lipinski definition) is 1. The van der Waals surface area contributed by atoms with Crippen LogP contribution >= 0.6 is 0 Å². The fourth-order valence-corrected chi connectivity index (χ4v) is 1.90. The molecule has 100 valence electrons. The van der Waals surface area contributed by atoms with Gasteiger partial charge in [0, 0.05) is 13.1 Å². The first-order valence-corrected chi connectivity index (χ1v) is 6.18. The van der Waals surface area contributed by atoms with E-state index in [9.17, 15) is 4.79 Å². The first-order chi connectivity index (χ1) is 8.61. The summed E-state index contributed by atoms with van der Waals surface area (Å²) >= 11 is 0. The monoisotopic (exact) mass is 253 g/mol. The molecule has 1 saturated heterocycles. The van der Waals surface area contributed by atoms with Crippen LogP contribution in [0.3, 0.4) is 0 Å². The molecular weight excluding hydrogens is 234 g/mol. The van der Waals surface area contributed by atoms with Gasteiger partial charge in [-0.3, -0.25) is 4.79 Å². The summed E-state index contributed by atoms with van der Waals surface area (Å²) in [4.78, 5) is 14.1. The van der Waals surface area contributed by atoms with Crippen molar-refractivity contribution in [2.24, 2.45) is 11.7 Å². The highest BCUT2D eigenvalue weighted by atomic mass is 16.5. The zero-order chi connectivity index (χ0) is 13.1. The van der Waals surface area contributed by atoms with Crippen LogP contribution in [0.1, 0.15) is 35.9 Å². The van der Waals surface area contributed by atoms with E-state index in [2.05, 4.69) is 5.16 Å². The smallest absolute Gasteiger partial charge is 0.259 e. The second-order valence-corrected chi connectivity index (χ2v) is 4.79. The summed E-state index contributed by atoms with van der Waals surface area (Å²) in [5, 5.41) is 3.87. The first-order valence-electron chi connectivity index (χ1n) is 6.18. The number of morpholine rings is 1. The Morgan fingerprint density at radius 2 is 2.11 bits per heavy atom. The molecule has 2 N–H and O–H groups in total. The third kappa shape index (κ3) is 2.54. The molecule has 1 aromatic rings. The fourth-order valence-electron chi connectivity index (χ4n) is 1.90. The average molecular weight is 253 g/mol. The van der Waals surface area contributed by atoms with Crippen LogP contribution in [-0.4, -0.2) is 42.3 Å². The van der Waals surface area contributed by atoms with Gasteiger partial charge in [0.05, 0.1) is 19.3 Å². The number of rotatable bonds is 3. The highest BCUT2D eigenvalue weighted by Gasteiger charge is 2.27. The molecule has 18 heavy (non-hydrogen) atoms. The Balaban J connectivity index is 2.17. The molecule has 1 aliphatic heterocycles. The van der Waals surface area contributed by atoms with Gasteiger partial charge in [0.1, 0.15) is 17.5 Å². The van der Waals surface area contributed by atoms with Gasteiger partial charge in [0.2, 0.25) is 0 Å². The molecule has 1 aromatic heterocycles. The van der Waals surface area contributed by atoms with E-state index in [1.165, 1.54) is 6.26 Å². The maximum absolute atomic E-state index is 12.3. The van der Waals surface area contributed by atoms with E-state index in [0.717, 1.165) is 0 Å². The lowest BCUT2D eigenvalue weighted by Crippen LogP contribution is -2.41. The van der Waals surface area contributed by atoms with E-state index in [1.807, 2.05) is 13.8 Å². The number of amides is 1. The Bertz CT molecular complexity index is 410. The van der Waals surface area contributed by atoms with Gasteiger partial charge in [0.25, 0.3) is 5.91 Å². The van der Waals surface area contributed by atoms with Crippen LogP contribution in [0.5, 0.6) is 0 Å². The Kier molecular flexibility index (Phi) is 3.98. The van der Waals surface area contributed by atoms with Crippen LogP contribution < -0.4 is 5.73 Å². The largest absolute Gasteiger partial charge is 0.378 e. The van der Waals surface area contributed by atoms with E-state index < -0.39 is 0 Å². The maximum atomic E-state index is 12.3. The van der Waals surface area contributed by atoms with Gasteiger partial charge in [-0.25, -0.2) is 0 Å². The Morgan fingerprint density at radius 3 is 2.72 bits per heavy atom. The van der Waals surface area contributed by atoms with E-state index in [-0.39, 0.29) is 17.9 Å². The Labute approximate surface area is 106 Å². The molecule has 2 rings (SSSR count). The normalized spacial score (nSPS) is 18.1. The molecule has 0 aromatic carbocycles. The van der Waals surface area contributed by atoms with Gasteiger partial charge in [-0.15, -0.1) is 0 Å². The van der Waals surface area contributed by atoms with Crippen molar-refractivity contribution in [3.8, 4) is 0 Å². The average Bonchev–Trinajstić information content (AvgIpc) is 2.87. The third-order valence-corrected chi connectivity index (χ3v) is 3.16. The number of hydrogen-bond acceptors (Lipinski definition) is 5. The van der Waals surface area contributed by atoms with E-state index >= 15 is 0 Å². The van der Waals surface area contributed by atoms with Gasteiger partial charge < -0.3 is 19.9 Å². The van der Waals surface area contributed by atoms with E-state index in [4.69, 9.17) is 15.0 Å². The molecule has 1 fully saturated rings. The van der Waals surface area contributed by atoms with Crippen LogP contribution in [0.15, 0.2) is 10.8 Å². The van der Waals surface area contributed by atoms with Gasteiger partial charge in [-0.1, -0.05) is 19.0 Å². The van der Waals surface area contributed by atoms with Crippen molar-refractivity contribution in [2.75, 3.05) is 26.3 Å². The topological polar surface area (TPSA) is 81.6 Å². The molecule has 0 aliphatic carbocycles. The highest BCUT2D eigenvalue weighted by Crippen LogP contribution is 2.22. The number of nitrogens with zero attached hydrogens (tertiary/aromatic N) is 2. The van der Waals surface area contributed by atoms with Crippen LogP contribution in [0.2, 0.25) is 0 Å². The van der Waals surface area contributed by atoms with Crippen molar-refractivity contribution >= 4 is 5.91 Å². The molecule has 2 heterocycles. The van der Waals surface area contributed by atoms with E-state index in [1.54, 1.807) is 4.90 Å². The molecule has 0 saturated carbocycles. The number of nitrogens with two attached hydrogens (primary N) is 1. The molecule has 6 heteroatoms. The summed E-state index contributed by atoms with van der Waals surface area (Å²) in [6.07, 6.45) is 1.38. The molecule has 1 aliphatic rings. The van der Waals surface area contributed by atoms with Gasteiger partial charge >= 0.3 is 0 Å². The van der Waals surface area contributed by atoms with Crippen LogP contribution in [-0.2, 0) is 4.74 Å². The quantitative estimate of drug-likeness (QED) is 0.861. The second-order valence-electron chi connectivity index (χ2n) is 4.79. The van der Waals surface area contributed by atoms with Crippen molar-refractivity contribution in [1.82, 2.24) is 10.1 Å². The lowest BCUT2D eigenvalue weighted by Gasteiger charge is -2.27. The fraction of sp³-hybridized carbons (Fsp3) is 0.667. The SMILES string of the molecule is CC(C)[C@@H](N)c1nocc1C(=O)N1CCOCC1. The van der Waals surface area contributed by atoms with Crippen molar-refractivity contribution in [3.63, 3.8) is 0 Å². The first kappa shape index (κ1) is 13.0. The molecule has 0 unspecified atom stereocenters. The van der Waals surface area contributed by atoms with Crippen molar-refractivity contribution < 1.29 is 14.1 Å². The predicted molar refractivity (Wildman–Crippen MR) is 65.0 cm³/mol. The minimum atomic E-state index is -0.288. The number of carbonyl (C=O) groups is 1. The zero-order valence-electron chi connectivity index (χ0n) is 10.8. The van der Waals surface area contributed by atoms with Gasteiger partial charge in [-0.05, 0) is 5.92 Å². The van der Waals surface area contributed by atoms with Crippen molar-refractivity contribution in [2.45, 2.75) is 19.9 Å². The number of aromatic nitrogens is 1. The second kappa shape index (κ2) is 5.49. The minimum Gasteiger partial charge on any atom is -0.378 e. The summed E-state index contributed by atoms with van der Waals surface area (Å²) in [5.41, 5.74) is 7.05. The number of ether oxygens (including phenoxy) is 1. The number of carbonyl (C=O) groups excluding carboxylic acids is 1. The van der Waals surface area contributed by atoms with E-state index in [0.29, 0.717) is 37.6 Å². The molecule has 0 radical (unpaired) electrons. The zero-order valence-corrected chi connectivity index (χ0v) is 10.8. The van der Waals surface area contributed by atoms with Crippen molar-refractivity contribution in [3.05, 3.63) is 17.5 Å². The molecule has 1 atom stereocenters. The molecular formula is C12H19N3O3. The highest BCUT2D eigenvalue weighted by molar-refractivity contribution is 5.95. The van der Waals surface area contributed by atoms with Crippen LogP contribution in [0, 0.1) is 5.92 Å². The molecule has 0 bridgehead atoms. The van der Waals surface area contributed by atoms with Gasteiger partial charge in [0.15, 0.2) is 0 Å². The molecule has 0 spiro atoms.